The van der Waals surface area contributed by atoms with E-state index in [2.05, 4.69) is 27.8 Å². The van der Waals surface area contributed by atoms with Gasteiger partial charge in [0.25, 0.3) is 0 Å². The molecule has 2 saturated heterocycles. The van der Waals surface area contributed by atoms with Crippen LogP contribution >= 0.6 is 0 Å². The van der Waals surface area contributed by atoms with Crippen LogP contribution in [0.3, 0.4) is 0 Å². The zero-order chi connectivity index (χ0) is 17.1. The molecule has 24 heavy (non-hydrogen) atoms. The maximum absolute atomic E-state index is 12.7. The molecule has 0 saturated carbocycles. The molecular weight excluding hydrogens is 304 g/mol. The number of pyridine rings is 1. The molecule has 1 aromatic rings. The van der Waals surface area contributed by atoms with E-state index >= 15 is 0 Å². The van der Waals surface area contributed by atoms with Crippen LogP contribution in [0.5, 0.6) is 0 Å². The molecule has 0 aliphatic carbocycles. The molecule has 1 amide bonds. The Balaban J connectivity index is 1.53. The first-order chi connectivity index (χ1) is 11.5. The van der Waals surface area contributed by atoms with Gasteiger partial charge in [-0.05, 0) is 32.0 Å². The van der Waals surface area contributed by atoms with E-state index in [-0.39, 0.29) is 11.8 Å². The molecule has 2 fully saturated rings. The summed E-state index contributed by atoms with van der Waals surface area (Å²) in [5.41, 5.74) is 2.32. The van der Waals surface area contributed by atoms with E-state index < -0.39 is 6.10 Å². The van der Waals surface area contributed by atoms with Gasteiger partial charge in [-0.25, -0.2) is 0 Å². The number of rotatable bonds is 3. The smallest absolute Gasteiger partial charge is 0.229 e. The van der Waals surface area contributed by atoms with Crippen LogP contribution in [0.1, 0.15) is 17.7 Å². The summed E-state index contributed by atoms with van der Waals surface area (Å²) in [5.74, 6) is -0.156. The van der Waals surface area contributed by atoms with Gasteiger partial charge in [-0.15, -0.1) is 0 Å². The number of amides is 1. The van der Waals surface area contributed by atoms with Crippen molar-refractivity contribution in [2.75, 3.05) is 46.3 Å². The van der Waals surface area contributed by atoms with Gasteiger partial charge >= 0.3 is 0 Å². The van der Waals surface area contributed by atoms with E-state index in [1.165, 1.54) is 5.56 Å². The summed E-state index contributed by atoms with van der Waals surface area (Å²) < 4.78 is 0. The molecule has 2 aliphatic heterocycles. The van der Waals surface area contributed by atoms with Crippen LogP contribution in [-0.4, -0.2) is 83.1 Å². The van der Waals surface area contributed by atoms with Gasteiger partial charge in [0, 0.05) is 52.0 Å². The number of hydrogen-bond acceptors (Lipinski definition) is 5. The van der Waals surface area contributed by atoms with Gasteiger partial charge in [0.2, 0.25) is 5.91 Å². The highest BCUT2D eigenvalue weighted by atomic mass is 16.3. The normalized spacial score (nSPS) is 26.5. The molecule has 2 aliphatic rings. The molecule has 6 nitrogen and oxygen atoms in total. The average Bonchev–Trinajstić information content (AvgIpc) is 2.59. The molecule has 0 bridgehead atoms. The Labute approximate surface area is 144 Å². The molecule has 1 aromatic heterocycles. The number of aliphatic hydroxyl groups is 1. The molecule has 2 atom stereocenters. The third-order valence-electron chi connectivity index (χ3n) is 5.27. The second kappa shape index (κ2) is 7.59. The summed E-state index contributed by atoms with van der Waals surface area (Å²) in [6.45, 7) is 7.64. The van der Waals surface area contributed by atoms with Gasteiger partial charge in [-0.1, -0.05) is 6.07 Å². The SMILES string of the molecule is Cc1cccnc1CN1CCN(C(=O)[C@@H]2CN(C)CC[C@H]2O)CC1. The fraction of sp³-hybridized carbons (Fsp3) is 0.667. The molecule has 1 N–H and O–H groups in total. The van der Waals surface area contributed by atoms with Crippen molar-refractivity contribution in [2.24, 2.45) is 5.92 Å². The number of nitrogens with zero attached hydrogens (tertiary/aromatic N) is 4. The fourth-order valence-electron chi connectivity index (χ4n) is 3.60. The Bertz CT molecular complexity index is 572. The van der Waals surface area contributed by atoms with Crippen molar-refractivity contribution >= 4 is 5.91 Å². The second-order valence-corrected chi connectivity index (χ2v) is 7.09. The first-order valence-electron chi connectivity index (χ1n) is 8.83. The fourth-order valence-corrected chi connectivity index (χ4v) is 3.60. The number of likely N-dealkylation sites (tertiary alicyclic amines) is 1. The van der Waals surface area contributed by atoms with E-state index in [1.807, 2.05) is 24.2 Å². The van der Waals surface area contributed by atoms with Crippen LogP contribution < -0.4 is 0 Å². The van der Waals surface area contributed by atoms with Gasteiger partial charge in [0.1, 0.15) is 0 Å². The van der Waals surface area contributed by atoms with E-state index in [0.717, 1.165) is 45.0 Å². The molecule has 3 rings (SSSR count). The first-order valence-corrected chi connectivity index (χ1v) is 8.83. The van der Waals surface area contributed by atoms with E-state index in [9.17, 15) is 9.90 Å². The lowest BCUT2D eigenvalue weighted by atomic mass is 9.93. The molecule has 0 radical (unpaired) electrons. The van der Waals surface area contributed by atoms with Crippen molar-refractivity contribution in [3.8, 4) is 0 Å². The van der Waals surface area contributed by atoms with Crippen molar-refractivity contribution in [3.63, 3.8) is 0 Å². The summed E-state index contributed by atoms with van der Waals surface area (Å²) in [6, 6.07) is 4.05. The van der Waals surface area contributed by atoms with Crippen molar-refractivity contribution < 1.29 is 9.90 Å². The number of aromatic nitrogens is 1. The van der Waals surface area contributed by atoms with Crippen molar-refractivity contribution in [1.82, 2.24) is 19.7 Å². The lowest BCUT2D eigenvalue weighted by Crippen LogP contribution is -2.54. The molecular formula is C18H28N4O2. The van der Waals surface area contributed by atoms with E-state index in [0.29, 0.717) is 13.0 Å². The lowest BCUT2D eigenvalue weighted by molar-refractivity contribution is -0.144. The zero-order valence-electron chi connectivity index (χ0n) is 14.7. The van der Waals surface area contributed by atoms with Crippen LogP contribution in [0, 0.1) is 12.8 Å². The quantitative estimate of drug-likeness (QED) is 0.865. The number of carbonyl (C=O) groups excluding carboxylic acids is 1. The second-order valence-electron chi connectivity index (χ2n) is 7.09. The standard InChI is InChI=1S/C18H28N4O2/c1-14-4-3-6-19-16(14)13-21-8-10-22(11-9-21)18(24)15-12-20(2)7-5-17(15)23/h3-4,6,15,17,23H,5,7-13H2,1-2H3/t15-,17-/m1/s1. The minimum Gasteiger partial charge on any atom is -0.392 e. The van der Waals surface area contributed by atoms with E-state index in [4.69, 9.17) is 0 Å². The number of carbonyl (C=O) groups is 1. The predicted molar refractivity (Wildman–Crippen MR) is 92.4 cm³/mol. The average molecular weight is 332 g/mol. The summed E-state index contributed by atoms with van der Waals surface area (Å²) >= 11 is 0. The minimum absolute atomic E-state index is 0.114. The molecule has 3 heterocycles. The van der Waals surface area contributed by atoms with Crippen LogP contribution in [0.4, 0.5) is 0 Å². The van der Waals surface area contributed by atoms with Gasteiger partial charge < -0.3 is 14.9 Å². The summed E-state index contributed by atoms with van der Waals surface area (Å²) in [4.78, 5) is 23.6. The molecule has 6 heteroatoms. The Hall–Kier alpha value is -1.50. The number of aryl methyl sites for hydroxylation is 1. The lowest BCUT2D eigenvalue weighted by Gasteiger charge is -2.39. The third kappa shape index (κ3) is 3.94. The van der Waals surface area contributed by atoms with E-state index in [1.54, 1.807) is 0 Å². The van der Waals surface area contributed by atoms with Crippen LogP contribution in [-0.2, 0) is 11.3 Å². The predicted octanol–water partition coefficient (Wildman–Crippen LogP) is 0.347. The summed E-state index contributed by atoms with van der Waals surface area (Å²) in [6.07, 6.45) is 2.03. The summed E-state index contributed by atoms with van der Waals surface area (Å²) in [7, 11) is 2.01. The number of aliphatic hydroxyl groups excluding tert-OH is 1. The Morgan fingerprint density at radius 3 is 2.75 bits per heavy atom. The van der Waals surface area contributed by atoms with Gasteiger partial charge in [-0.3, -0.25) is 14.7 Å². The van der Waals surface area contributed by atoms with Gasteiger partial charge in [0.15, 0.2) is 0 Å². The number of piperidine rings is 1. The largest absolute Gasteiger partial charge is 0.392 e. The molecule has 0 spiro atoms. The molecule has 0 aromatic carbocycles. The Morgan fingerprint density at radius 1 is 1.29 bits per heavy atom. The monoisotopic (exact) mass is 332 g/mol. The molecule has 132 valence electrons. The highest BCUT2D eigenvalue weighted by molar-refractivity contribution is 5.80. The van der Waals surface area contributed by atoms with Crippen molar-refractivity contribution in [3.05, 3.63) is 29.6 Å². The summed E-state index contributed by atoms with van der Waals surface area (Å²) in [5, 5.41) is 10.2. The zero-order valence-corrected chi connectivity index (χ0v) is 14.7. The van der Waals surface area contributed by atoms with Gasteiger partial charge in [0.05, 0.1) is 17.7 Å². The van der Waals surface area contributed by atoms with Crippen molar-refractivity contribution in [2.45, 2.75) is 26.0 Å². The molecule has 0 unspecified atom stereocenters. The number of hydrogen-bond donors (Lipinski definition) is 1. The van der Waals surface area contributed by atoms with Crippen LogP contribution in [0.25, 0.3) is 0 Å². The first kappa shape index (κ1) is 17.3. The van der Waals surface area contributed by atoms with Crippen molar-refractivity contribution in [1.29, 1.82) is 0 Å². The highest BCUT2D eigenvalue weighted by Crippen LogP contribution is 2.20. The maximum atomic E-state index is 12.7. The Morgan fingerprint density at radius 2 is 2.04 bits per heavy atom. The maximum Gasteiger partial charge on any atom is 0.229 e. The highest BCUT2D eigenvalue weighted by Gasteiger charge is 2.35. The van der Waals surface area contributed by atoms with Crippen LogP contribution in [0.2, 0.25) is 0 Å². The Kier molecular flexibility index (Phi) is 5.48. The third-order valence-corrected chi connectivity index (χ3v) is 5.27. The minimum atomic E-state index is -0.497. The van der Waals surface area contributed by atoms with Gasteiger partial charge in [-0.2, -0.15) is 0 Å². The number of piperazine rings is 1. The van der Waals surface area contributed by atoms with Crippen LogP contribution in [0.15, 0.2) is 18.3 Å². The topological polar surface area (TPSA) is 59.9 Å².